The number of aromatic amines is 2. The normalized spacial score (nSPS) is 11.1. The van der Waals surface area contributed by atoms with Gasteiger partial charge >= 0.3 is 5.69 Å². The SMILES string of the molecule is O=c1[nH]c2cc(Cl)cc(OCCNCc3ccsc3)c2[nH]1. The fourth-order valence-electron chi connectivity index (χ4n) is 2.05. The highest BCUT2D eigenvalue weighted by atomic mass is 35.5. The monoisotopic (exact) mass is 323 g/mol. The van der Waals surface area contributed by atoms with Crippen LogP contribution >= 0.6 is 22.9 Å². The molecule has 0 unspecified atom stereocenters. The molecule has 3 rings (SSSR count). The van der Waals surface area contributed by atoms with Gasteiger partial charge in [0.05, 0.1) is 5.52 Å². The Morgan fingerprint density at radius 3 is 3.05 bits per heavy atom. The number of imidazole rings is 1. The average Bonchev–Trinajstić information content (AvgIpc) is 3.06. The van der Waals surface area contributed by atoms with Crippen molar-refractivity contribution < 1.29 is 4.74 Å². The molecule has 1 aromatic carbocycles. The lowest BCUT2D eigenvalue weighted by Crippen LogP contribution is -2.20. The Hall–Kier alpha value is -1.76. The zero-order valence-electron chi connectivity index (χ0n) is 11.1. The van der Waals surface area contributed by atoms with Crippen molar-refractivity contribution in [2.24, 2.45) is 0 Å². The lowest BCUT2D eigenvalue weighted by atomic mass is 10.3. The minimum absolute atomic E-state index is 0.271. The van der Waals surface area contributed by atoms with Crippen LogP contribution in [0.25, 0.3) is 11.0 Å². The molecule has 0 saturated carbocycles. The Bertz CT molecular complexity index is 779. The highest BCUT2D eigenvalue weighted by Gasteiger charge is 2.07. The Morgan fingerprint density at radius 1 is 1.33 bits per heavy atom. The molecule has 2 aromatic heterocycles. The summed E-state index contributed by atoms with van der Waals surface area (Å²) < 4.78 is 5.70. The minimum Gasteiger partial charge on any atom is -0.490 e. The second-order valence-corrected chi connectivity index (χ2v) is 5.78. The highest BCUT2D eigenvalue weighted by molar-refractivity contribution is 7.07. The Labute approximate surface area is 129 Å². The molecule has 0 saturated heterocycles. The first kappa shape index (κ1) is 14.2. The maximum atomic E-state index is 11.3. The molecule has 0 aliphatic rings. The van der Waals surface area contributed by atoms with E-state index in [2.05, 4.69) is 32.1 Å². The van der Waals surface area contributed by atoms with E-state index in [4.69, 9.17) is 16.3 Å². The van der Waals surface area contributed by atoms with Crippen molar-refractivity contribution in [2.45, 2.75) is 6.54 Å². The predicted molar refractivity (Wildman–Crippen MR) is 85.5 cm³/mol. The quantitative estimate of drug-likeness (QED) is 0.611. The van der Waals surface area contributed by atoms with Crippen LogP contribution in [0.1, 0.15) is 5.56 Å². The first-order chi connectivity index (χ1) is 10.2. The minimum atomic E-state index is -0.271. The molecule has 3 aromatic rings. The van der Waals surface area contributed by atoms with Crippen molar-refractivity contribution in [2.75, 3.05) is 13.2 Å². The van der Waals surface area contributed by atoms with Crippen molar-refractivity contribution in [1.82, 2.24) is 15.3 Å². The van der Waals surface area contributed by atoms with Gasteiger partial charge in [-0.25, -0.2) is 4.79 Å². The number of benzene rings is 1. The van der Waals surface area contributed by atoms with E-state index in [0.717, 1.165) is 6.54 Å². The Kier molecular flexibility index (Phi) is 4.28. The number of H-pyrrole nitrogens is 2. The van der Waals surface area contributed by atoms with E-state index in [0.29, 0.717) is 35.0 Å². The molecule has 0 atom stereocenters. The lowest BCUT2D eigenvalue weighted by Gasteiger charge is -2.08. The van der Waals surface area contributed by atoms with Gasteiger partial charge in [-0.1, -0.05) is 11.6 Å². The molecule has 0 radical (unpaired) electrons. The molecule has 110 valence electrons. The van der Waals surface area contributed by atoms with Gasteiger partial charge in [0.25, 0.3) is 0 Å². The largest absolute Gasteiger partial charge is 0.490 e. The molecule has 0 bridgehead atoms. The van der Waals surface area contributed by atoms with E-state index in [-0.39, 0.29) is 5.69 Å². The van der Waals surface area contributed by atoms with Crippen LogP contribution in [0.4, 0.5) is 0 Å². The summed E-state index contributed by atoms with van der Waals surface area (Å²) in [6.07, 6.45) is 0. The van der Waals surface area contributed by atoms with Crippen LogP contribution in [-0.2, 0) is 6.54 Å². The van der Waals surface area contributed by atoms with Crippen LogP contribution < -0.4 is 15.7 Å². The molecule has 5 nitrogen and oxygen atoms in total. The van der Waals surface area contributed by atoms with Gasteiger partial charge in [-0.2, -0.15) is 11.3 Å². The number of rotatable bonds is 6. The fourth-order valence-corrected chi connectivity index (χ4v) is 2.93. The van der Waals surface area contributed by atoms with E-state index < -0.39 is 0 Å². The standard InChI is InChI=1S/C14H14ClN3O2S/c15-10-5-11-13(18-14(19)17-11)12(6-10)20-3-2-16-7-9-1-4-21-8-9/h1,4-6,8,16H,2-3,7H2,(H2,17,18,19). The van der Waals surface area contributed by atoms with E-state index in [1.807, 2.05) is 0 Å². The maximum Gasteiger partial charge on any atom is 0.323 e. The third-order valence-corrected chi connectivity index (χ3v) is 3.95. The molecule has 7 heteroatoms. The summed E-state index contributed by atoms with van der Waals surface area (Å²) in [5.41, 5.74) is 2.28. The highest BCUT2D eigenvalue weighted by Crippen LogP contribution is 2.26. The van der Waals surface area contributed by atoms with Gasteiger partial charge < -0.3 is 20.0 Å². The summed E-state index contributed by atoms with van der Waals surface area (Å²) in [5.74, 6) is 0.577. The second kappa shape index (κ2) is 6.34. The molecule has 0 aliphatic heterocycles. The Morgan fingerprint density at radius 2 is 2.24 bits per heavy atom. The molecule has 21 heavy (non-hydrogen) atoms. The number of thiophene rings is 1. The van der Waals surface area contributed by atoms with Gasteiger partial charge in [0.15, 0.2) is 0 Å². The molecule has 0 fully saturated rings. The van der Waals surface area contributed by atoms with Crippen molar-refractivity contribution >= 4 is 34.0 Å². The van der Waals surface area contributed by atoms with Crippen LogP contribution in [0, 0.1) is 0 Å². The number of hydrogen-bond donors (Lipinski definition) is 3. The van der Waals surface area contributed by atoms with Crippen molar-refractivity contribution in [3.63, 3.8) is 0 Å². The molecular weight excluding hydrogens is 310 g/mol. The summed E-state index contributed by atoms with van der Waals surface area (Å²) in [6, 6.07) is 5.48. The molecule has 0 aliphatic carbocycles. The molecule has 2 heterocycles. The smallest absolute Gasteiger partial charge is 0.323 e. The summed E-state index contributed by atoms with van der Waals surface area (Å²) in [7, 11) is 0. The number of aromatic nitrogens is 2. The van der Waals surface area contributed by atoms with Crippen LogP contribution in [0.2, 0.25) is 5.02 Å². The third kappa shape index (κ3) is 3.47. The van der Waals surface area contributed by atoms with Crippen LogP contribution in [0.5, 0.6) is 5.75 Å². The fraction of sp³-hybridized carbons (Fsp3) is 0.214. The number of nitrogens with one attached hydrogen (secondary N) is 3. The summed E-state index contributed by atoms with van der Waals surface area (Å²) in [5, 5.41) is 7.99. The molecule has 0 spiro atoms. The van der Waals surface area contributed by atoms with Crippen LogP contribution in [0.15, 0.2) is 33.8 Å². The predicted octanol–water partition coefficient (Wildman–Crippen LogP) is 2.74. The number of halogens is 1. The second-order valence-electron chi connectivity index (χ2n) is 4.56. The van der Waals surface area contributed by atoms with Crippen molar-refractivity contribution in [1.29, 1.82) is 0 Å². The molecular formula is C14H14ClN3O2S. The maximum absolute atomic E-state index is 11.3. The third-order valence-electron chi connectivity index (χ3n) is 3.00. The van der Waals surface area contributed by atoms with E-state index in [1.165, 1.54) is 5.56 Å². The van der Waals surface area contributed by atoms with Gasteiger partial charge in [-0.15, -0.1) is 0 Å². The first-order valence-electron chi connectivity index (χ1n) is 6.48. The zero-order chi connectivity index (χ0) is 14.7. The summed E-state index contributed by atoms with van der Waals surface area (Å²) in [4.78, 5) is 16.7. The van der Waals surface area contributed by atoms with E-state index >= 15 is 0 Å². The summed E-state index contributed by atoms with van der Waals surface area (Å²) in [6.45, 7) is 2.02. The van der Waals surface area contributed by atoms with Gasteiger partial charge in [-0.05, 0) is 28.5 Å². The van der Waals surface area contributed by atoms with E-state index in [9.17, 15) is 4.79 Å². The topological polar surface area (TPSA) is 69.9 Å². The summed E-state index contributed by atoms with van der Waals surface area (Å²) >= 11 is 7.69. The van der Waals surface area contributed by atoms with Crippen LogP contribution in [-0.4, -0.2) is 23.1 Å². The zero-order valence-corrected chi connectivity index (χ0v) is 12.7. The van der Waals surface area contributed by atoms with Crippen LogP contribution in [0.3, 0.4) is 0 Å². The van der Waals surface area contributed by atoms with Gasteiger partial charge in [0.1, 0.15) is 17.9 Å². The van der Waals surface area contributed by atoms with Gasteiger partial charge in [0, 0.05) is 24.2 Å². The lowest BCUT2D eigenvalue weighted by molar-refractivity contribution is 0.316. The number of ether oxygens (including phenoxy) is 1. The molecule has 0 amide bonds. The van der Waals surface area contributed by atoms with Gasteiger partial charge in [0.2, 0.25) is 0 Å². The van der Waals surface area contributed by atoms with Gasteiger partial charge in [-0.3, -0.25) is 0 Å². The number of hydrogen-bond acceptors (Lipinski definition) is 4. The van der Waals surface area contributed by atoms with Crippen molar-refractivity contribution in [3.05, 3.63) is 50.0 Å². The first-order valence-corrected chi connectivity index (χ1v) is 7.80. The van der Waals surface area contributed by atoms with Crippen molar-refractivity contribution in [3.8, 4) is 5.75 Å². The average molecular weight is 324 g/mol. The number of fused-ring (bicyclic) bond motifs is 1. The Balaban J connectivity index is 1.58. The molecule has 3 N–H and O–H groups in total. The van der Waals surface area contributed by atoms with E-state index in [1.54, 1.807) is 23.5 Å².